The summed E-state index contributed by atoms with van der Waals surface area (Å²) < 4.78 is 11.2. The van der Waals surface area contributed by atoms with E-state index in [1.807, 2.05) is 24.3 Å². The van der Waals surface area contributed by atoms with Gasteiger partial charge in [-0.25, -0.2) is 9.97 Å². The number of ether oxygens (including phenoxy) is 2. The summed E-state index contributed by atoms with van der Waals surface area (Å²) >= 11 is 0. The predicted molar refractivity (Wildman–Crippen MR) is 113 cm³/mol. The molecular formula is C19H28Cl2N4O2. The first-order valence-corrected chi connectivity index (χ1v) is 8.80. The van der Waals surface area contributed by atoms with Crippen molar-refractivity contribution < 1.29 is 9.47 Å². The smallest absolute Gasteiger partial charge is 0.161 e. The highest BCUT2D eigenvalue weighted by atomic mass is 35.5. The van der Waals surface area contributed by atoms with Crippen molar-refractivity contribution in [2.24, 2.45) is 0 Å². The zero-order chi connectivity index (χ0) is 17.5. The Labute approximate surface area is 173 Å². The van der Waals surface area contributed by atoms with Gasteiger partial charge in [-0.2, -0.15) is 0 Å². The fourth-order valence-corrected chi connectivity index (χ4v) is 3.11. The highest BCUT2D eigenvalue weighted by Gasteiger charge is 2.16. The second-order valence-corrected chi connectivity index (χ2v) is 6.15. The zero-order valence-corrected chi connectivity index (χ0v) is 17.4. The average Bonchev–Trinajstić information content (AvgIpc) is 2.90. The third-order valence-corrected chi connectivity index (χ3v) is 4.43. The molecule has 1 aromatic carbocycles. The lowest BCUT2D eigenvalue weighted by Crippen LogP contribution is -2.24. The molecule has 0 saturated carbocycles. The van der Waals surface area contributed by atoms with E-state index in [2.05, 4.69) is 27.2 Å². The van der Waals surface area contributed by atoms with Crippen LogP contribution in [0.25, 0.3) is 0 Å². The molecule has 27 heavy (non-hydrogen) atoms. The number of hydrogen-bond donors (Lipinski definition) is 1. The van der Waals surface area contributed by atoms with Crippen LogP contribution in [0.1, 0.15) is 17.7 Å². The van der Waals surface area contributed by atoms with Gasteiger partial charge in [-0.05, 0) is 31.5 Å². The van der Waals surface area contributed by atoms with E-state index in [0.717, 1.165) is 56.2 Å². The molecule has 0 amide bonds. The normalized spacial score (nSPS) is 12.7. The number of aromatic nitrogens is 2. The standard InChI is InChI=1S/C19H26N4O2.2ClH/c1-23(12-5-13-25-18-7-4-3-6-17(18)24-2)19-15-8-10-20-11-9-16(15)21-14-22-19;;/h3-4,6-7,14,20H,5,8-13H2,1-2H3;2*1H. The molecule has 0 unspecified atom stereocenters. The molecule has 3 rings (SSSR count). The summed E-state index contributed by atoms with van der Waals surface area (Å²) in [5.41, 5.74) is 2.45. The summed E-state index contributed by atoms with van der Waals surface area (Å²) in [5.74, 6) is 2.60. The van der Waals surface area contributed by atoms with Crippen LogP contribution in [-0.4, -0.2) is 50.4 Å². The van der Waals surface area contributed by atoms with E-state index in [4.69, 9.17) is 9.47 Å². The summed E-state index contributed by atoms with van der Waals surface area (Å²) in [7, 11) is 3.75. The highest BCUT2D eigenvalue weighted by molar-refractivity contribution is 5.85. The molecule has 0 fully saturated rings. The van der Waals surface area contributed by atoms with Crippen LogP contribution in [0, 0.1) is 0 Å². The van der Waals surface area contributed by atoms with Crippen LogP contribution in [0.2, 0.25) is 0 Å². The van der Waals surface area contributed by atoms with Gasteiger partial charge in [0, 0.05) is 32.1 Å². The monoisotopic (exact) mass is 414 g/mol. The molecule has 1 aromatic heterocycles. The summed E-state index contributed by atoms with van der Waals surface area (Å²) in [5, 5.41) is 3.42. The summed E-state index contributed by atoms with van der Waals surface area (Å²) in [4.78, 5) is 11.2. The van der Waals surface area contributed by atoms with E-state index < -0.39 is 0 Å². The zero-order valence-electron chi connectivity index (χ0n) is 15.8. The van der Waals surface area contributed by atoms with E-state index in [0.29, 0.717) is 6.61 Å². The topological polar surface area (TPSA) is 59.5 Å². The Bertz CT molecular complexity index is 703. The van der Waals surface area contributed by atoms with Gasteiger partial charge in [-0.3, -0.25) is 0 Å². The van der Waals surface area contributed by atoms with Crippen molar-refractivity contribution in [1.82, 2.24) is 15.3 Å². The number of halogens is 2. The molecule has 0 bridgehead atoms. The van der Waals surface area contributed by atoms with Gasteiger partial charge in [-0.15, -0.1) is 24.8 Å². The minimum atomic E-state index is 0. The van der Waals surface area contributed by atoms with Gasteiger partial charge < -0.3 is 19.7 Å². The van der Waals surface area contributed by atoms with Crippen molar-refractivity contribution in [2.45, 2.75) is 19.3 Å². The third-order valence-electron chi connectivity index (χ3n) is 4.43. The van der Waals surface area contributed by atoms with Crippen LogP contribution in [0.3, 0.4) is 0 Å². The Balaban J connectivity index is 0.00000182. The SMILES string of the molecule is COc1ccccc1OCCCN(C)c1ncnc2c1CCNCC2.Cl.Cl. The lowest BCUT2D eigenvalue weighted by molar-refractivity contribution is 0.290. The van der Waals surface area contributed by atoms with Crippen LogP contribution in [-0.2, 0) is 12.8 Å². The van der Waals surface area contributed by atoms with Crippen molar-refractivity contribution in [1.29, 1.82) is 0 Å². The number of nitrogens with one attached hydrogen (secondary N) is 1. The van der Waals surface area contributed by atoms with Crippen LogP contribution in [0.5, 0.6) is 11.5 Å². The Hall–Kier alpha value is -1.76. The van der Waals surface area contributed by atoms with Crippen molar-refractivity contribution in [3.63, 3.8) is 0 Å². The molecule has 1 N–H and O–H groups in total. The Morgan fingerprint density at radius 1 is 1.07 bits per heavy atom. The van der Waals surface area contributed by atoms with Gasteiger partial charge >= 0.3 is 0 Å². The second-order valence-electron chi connectivity index (χ2n) is 6.15. The molecule has 0 spiro atoms. The number of para-hydroxylation sites is 2. The summed E-state index contributed by atoms with van der Waals surface area (Å²) in [6.07, 6.45) is 4.54. The molecule has 0 saturated heterocycles. The average molecular weight is 415 g/mol. The van der Waals surface area contributed by atoms with Crippen molar-refractivity contribution in [2.75, 3.05) is 45.3 Å². The minimum absolute atomic E-state index is 0. The highest BCUT2D eigenvalue weighted by Crippen LogP contribution is 2.26. The van der Waals surface area contributed by atoms with Crippen molar-refractivity contribution >= 4 is 30.6 Å². The molecule has 1 aliphatic rings. The van der Waals surface area contributed by atoms with Gasteiger partial charge in [0.2, 0.25) is 0 Å². The Kier molecular flexibility index (Phi) is 10.2. The number of methoxy groups -OCH3 is 1. The fourth-order valence-electron chi connectivity index (χ4n) is 3.11. The summed E-state index contributed by atoms with van der Waals surface area (Å²) in [6.45, 7) is 3.49. The first-order chi connectivity index (χ1) is 12.3. The van der Waals surface area contributed by atoms with Crippen LogP contribution < -0.4 is 19.7 Å². The van der Waals surface area contributed by atoms with Gasteiger partial charge in [0.15, 0.2) is 11.5 Å². The molecule has 1 aliphatic heterocycles. The first kappa shape index (κ1) is 23.3. The van der Waals surface area contributed by atoms with E-state index in [-0.39, 0.29) is 24.8 Å². The van der Waals surface area contributed by atoms with Gasteiger partial charge in [-0.1, -0.05) is 12.1 Å². The van der Waals surface area contributed by atoms with Crippen LogP contribution in [0.4, 0.5) is 5.82 Å². The van der Waals surface area contributed by atoms with Crippen molar-refractivity contribution in [3.05, 3.63) is 41.9 Å². The molecule has 150 valence electrons. The Morgan fingerprint density at radius 2 is 1.81 bits per heavy atom. The number of rotatable bonds is 7. The minimum Gasteiger partial charge on any atom is -0.493 e. The van der Waals surface area contributed by atoms with E-state index >= 15 is 0 Å². The number of benzene rings is 1. The summed E-state index contributed by atoms with van der Waals surface area (Å²) in [6, 6.07) is 7.73. The maximum Gasteiger partial charge on any atom is 0.161 e. The first-order valence-electron chi connectivity index (χ1n) is 8.80. The molecule has 0 radical (unpaired) electrons. The van der Waals surface area contributed by atoms with Gasteiger partial charge in [0.05, 0.1) is 19.4 Å². The fraction of sp³-hybridized carbons (Fsp3) is 0.474. The van der Waals surface area contributed by atoms with Gasteiger partial charge in [0.25, 0.3) is 0 Å². The molecule has 2 heterocycles. The maximum atomic E-state index is 5.85. The molecule has 6 nitrogen and oxygen atoms in total. The van der Waals surface area contributed by atoms with Gasteiger partial charge in [0.1, 0.15) is 12.1 Å². The van der Waals surface area contributed by atoms with E-state index in [9.17, 15) is 0 Å². The van der Waals surface area contributed by atoms with Crippen LogP contribution >= 0.6 is 24.8 Å². The second kappa shape index (κ2) is 11.8. The Morgan fingerprint density at radius 3 is 2.59 bits per heavy atom. The molecule has 0 atom stereocenters. The molecule has 0 aliphatic carbocycles. The number of nitrogens with zero attached hydrogens (tertiary/aromatic N) is 3. The number of anilines is 1. The quantitative estimate of drug-likeness (QED) is 0.702. The molecule has 2 aromatic rings. The predicted octanol–water partition coefficient (Wildman–Crippen LogP) is 2.92. The third kappa shape index (κ3) is 6.13. The maximum absolute atomic E-state index is 5.85. The lowest BCUT2D eigenvalue weighted by atomic mass is 10.1. The number of fused-ring (bicyclic) bond motifs is 1. The largest absolute Gasteiger partial charge is 0.493 e. The van der Waals surface area contributed by atoms with Crippen LogP contribution in [0.15, 0.2) is 30.6 Å². The van der Waals surface area contributed by atoms with E-state index in [1.54, 1.807) is 13.4 Å². The molecule has 8 heteroatoms. The van der Waals surface area contributed by atoms with Crippen molar-refractivity contribution in [3.8, 4) is 11.5 Å². The lowest BCUT2D eigenvalue weighted by Gasteiger charge is -2.22. The number of hydrogen-bond acceptors (Lipinski definition) is 6. The van der Waals surface area contributed by atoms with E-state index in [1.165, 1.54) is 11.3 Å². The molecular weight excluding hydrogens is 387 g/mol.